The summed E-state index contributed by atoms with van der Waals surface area (Å²) in [5.74, 6) is -1.01. The topological polar surface area (TPSA) is 134 Å². The Morgan fingerprint density at radius 2 is 1.70 bits per heavy atom. The van der Waals surface area contributed by atoms with Crippen molar-refractivity contribution in [3.63, 3.8) is 0 Å². The van der Waals surface area contributed by atoms with Crippen LogP contribution in [0.1, 0.15) is 50.2 Å². The number of nitrogens with two attached hydrogens (primary N) is 1. The fourth-order valence-corrected chi connectivity index (χ4v) is 5.05. The van der Waals surface area contributed by atoms with E-state index >= 15 is 0 Å². The molecule has 10 nitrogen and oxygen atoms in total. The summed E-state index contributed by atoms with van der Waals surface area (Å²) in [7, 11) is 1.77. The summed E-state index contributed by atoms with van der Waals surface area (Å²) in [5, 5.41) is 5.47. The largest absolute Gasteiger partial charge is 0.397 e. The van der Waals surface area contributed by atoms with Crippen molar-refractivity contribution in [1.29, 1.82) is 0 Å². The maximum atomic E-state index is 13.0. The molecule has 0 radical (unpaired) electrons. The van der Waals surface area contributed by atoms with E-state index in [1.807, 2.05) is 18.2 Å². The minimum atomic E-state index is -0.666. The van der Waals surface area contributed by atoms with E-state index in [1.54, 1.807) is 36.2 Å². The van der Waals surface area contributed by atoms with E-state index in [1.165, 1.54) is 4.90 Å². The molecule has 1 unspecified atom stereocenters. The number of carbonyl (C=O) groups excluding carboxylic acids is 4. The van der Waals surface area contributed by atoms with Gasteiger partial charge in [0.1, 0.15) is 6.04 Å². The van der Waals surface area contributed by atoms with Gasteiger partial charge in [-0.05, 0) is 47.4 Å². The second-order valence-corrected chi connectivity index (χ2v) is 9.29. The Kier molecular flexibility index (Phi) is 6.66. The Balaban J connectivity index is 1.37. The number of benzene rings is 2. The lowest BCUT2D eigenvalue weighted by Gasteiger charge is -2.29. The van der Waals surface area contributed by atoms with Crippen LogP contribution in [0.15, 0.2) is 42.5 Å². The Hall–Kier alpha value is -4.18. The number of carbonyl (C=O) groups is 4. The maximum Gasteiger partial charge on any atom is 0.255 e. The van der Waals surface area contributed by atoms with Crippen molar-refractivity contribution in [2.24, 2.45) is 5.73 Å². The van der Waals surface area contributed by atoms with Gasteiger partial charge < -0.3 is 25.6 Å². The highest BCUT2D eigenvalue weighted by Crippen LogP contribution is 2.30. The molecule has 5 rings (SSSR count). The molecule has 3 aliphatic rings. The van der Waals surface area contributed by atoms with Gasteiger partial charge in [-0.1, -0.05) is 18.2 Å². The van der Waals surface area contributed by atoms with Crippen LogP contribution in [0.25, 0.3) is 11.4 Å². The molecule has 2 aromatic carbocycles. The first-order valence-electron chi connectivity index (χ1n) is 12.3. The lowest BCUT2D eigenvalue weighted by Crippen LogP contribution is -2.52. The van der Waals surface area contributed by atoms with Crippen molar-refractivity contribution in [1.82, 2.24) is 20.4 Å². The molecule has 0 bridgehead atoms. The molecule has 0 aromatic heterocycles. The van der Waals surface area contributed by atoms with Crippen LogP contribution < -0.4 is 16.4 Å². The highest BCUT2D eigenvalue weighted by atomic mass is 16.5. The minimum absolute atomic E-state index is 0.0262. The van der Waals surface area contributed by atoms with Crippen molar-refractivity contribution in [2.45, 2.75) is 25.4 Å². The normalized spacial score (nSPS) is 20.4. The molecule has 2 fully saturated rings. The van der Waals surface area contributed by atoms with E-state index < -0.39 is 11.9 Å². The number of rotatable bonds is 5. The SMILES string of the molecule is CN/C(=C(\N)c1ccc2c(c1)CN(C1CCC(=O)NC1=O)C2=O)c1ccc(C(=O)N2CCOCC2)cc1. The number of amides is 4. The summed E-state index contributed by atoms with van der Waals surface area (Å²) in [6.07, 6.45) is 0.521. The Labute approximate surface area is 214 Å². The van der Waals surface area contributed by atoms with Gasteiger partial charge in [-0.3, -0.25) is 24.5 Å². The lowest BCUT2D eigenvalue weighted by molar-refractivity contribution is -0.136. The molecule has 37 heavy (non-hydrogen) atoms. The first-order valence-corrected chi connectivity index (χ1v) is 12.3. The monoisotopic (exact) mass is 503 g/mol. The third kappa shape index (κ3) is 4.67. The van der Waals surface area contributed by atoms with Gasteiger partial charge in [-0.2, -0.15) is 0 Å². The number of nitrogens with one attached hydrogen (secondary N) is 2. The summed E-state index contributed by atoms with van der Waals surface area (Å²) >= 11 is 0. The predicted molar refractivity (Wildman–Crippen MR) is 136 cm³/mol. The zero-order chi connectivity index (χ0) is 26.1. The molecule has 0 saturated carbocycles. The molecule has 2 saturated heterocycles. The number of imide groups is 1. The van der Waals surface area contributed by atoms with Crippen molar-refractivity contribution >= 4 is 35.0 Å². The first-order chi connectivity index (χ1) is 17.9. The van der Waals surface area contributed by atoms with Gasteiger partial charge in [0.15, 0.2) is 0 Å². The Bertz CT molecular complexity index is 1300. The number of piperidine rings is 1. The fourth-order valence-electron chi connectivity index (χ4n) is 5.05. The number of nitrogens with zero attached hydrogens (tertiary/aromatic N) is 2. The van der Waals surface area contributed by atoms with Gasteiger partial charge in [0.2, 0.25) is 11.8 Å². The summed E-state index contributed by atoms with van der Waals surface area (Å²) < 4.78 is 5.32. The molecular formula is C27H29N5O5. The van der Waals surface area contributed by atoms with E-state index in [0.29, 0.717) is 55.2 Å². The second-order valence-electron chi connectivity index (χ2n) is 9.29. The standard InChI is InChI=1S/C27H29N5O5/c1-29-24(16-2-4-17(5-3-16)26(35)31-10-12-37-13-11-31)23(28)18-6-7-20-19(14-18)15-32(27(20)36)21-8-9-22(33)30-25(21)34/h2-7,14,21,29H,8-13,15,28H2,1H3,(H,30,33,34)/b24-23-. The van der Waals surface area contributed by atoms with Crippen LogP contribution >= 0.6 is 0 Å². The summed E-state index contributed by atoms with van der Waals surface area (Å²) in [6.45, 7) is 2.53. The van der Waals surface area contributed by atoms with Crippen LogP contribution in [0.5, 0.6) is 0 Å². The summed E-state index contributed by atoms with van der Waals surface area (Å²) in [6, 6.07) is 12.0. The number of morpholine rings is 1. The highest BCUT2D eigenvalue weighted by molar-refractivity contribution is 6.05. The molecule has 10 heteroatoms. The molecular weight excluding hydrogens is 474 g/mol. The van der Waals surface area contributed by atoms with Crippen LogP contribution in [0, 0.1) is 0 Å². The second kappa shape index (κ2) is 10.1. The maximum absolute atomic E-state index is 13.0. The number of hydrogen-bond acceptors (Lipinski definition) is 7. The van der Waals surface area contributed by atoms with E-state index in [9.17, 15) is 19.2 Å². The van der Waals surface area contributed by atoms with Crippen LogP contribution in [-0.4, -0.2) is 72.8 Å². The third-order valence-corrected chi connectivity index (χ3v) is 7.07. The third-order valence-electron chi connectivity index (χ3n) is 7.07. The van der Waals surface area contributed by atoms with Gasteiger partial charge in [0.25, 0.3) is 11.8 Å². The molecule has 1 atom stereocenters. The molecule has 3 aliphatic heterocycles. The summed E-state index contributed by atoms with van der Waals surface area (Å²) in [4.78, 5) is 52.9. The summed E-state index contributed by atoms with van der Waals surface area (Å²) in [5.41, 5.74) is 11.2. The predicted octanol–water partition coefficient (Wildman–Crippen LogP) is 0.924. The quantitative estimate of drug-likeness (QED) is 0.408. The molecule has 4 amide bonds. The lowest BCUT2D eigenvalue weighted by atomic mass is 10.0. The van der Waals surface area contributed by atoms with Crippen LogP contribution in [0.3, 0.4) is 0 Å². The Morgan fingerprint density at radius 1 is 1.03 bits per heavy atom. The van der Waals surface area contributed by atoms with E-state index in [2.05, 4.69) is 10.6 Å². The molecule has 192 valence electrons. The average molecular weight is 504 g/mol. The Morgan fingerprint density at radius 3 is 2.38 bits per heavy atom. The molecule has 0 aliphatic carbocycles. The van der Waals surface area contributed by atoms with Gasteiger partial charge in [0.05, 0.1) is 24.6 Å². The average Bonchev–Trinajstić information content (AvgIpc) is 3.24. The smallest absolute Gasteiger partial charge is 0.255 e. The highest BCUT2D eigenvalue weighted by Gasteiger charge is 2.39. The molecule has 3 heterocycles. The molecule has 2 aromatic rings. The van der Waals surface area contributed by atoms with Crippen molar-refractivity contribution < 1.29 is 23.9 Å². The van der Waals surface area contributed by atoms with Crippen LogP contribution in [0.2, 0.25) is 0 Å². The van der Waals surface area contributed by atoms with E-state index in [0.717, 1.165) is 16.7 Å². The zero-order valence-corrected chi connectivity index (χ0v) is 20.6. The van der Waals surface area contributed by atoms with E-state index in [-0.39, 0.29) is 30.7 Å². The number of ether oxygens (including phenoxy) is 1. The van der Waals surface area contributed by atoms with Gasteiger partial charge in [0, 0.05) is 44.2 Å². The van der Waals surface area contributed by atoms with Gasteiger partial charge >= 0.3 is 0 Å². The number of fused-ring (bicyclic) bond motifs is 1. The van der Waals surface area contributed by atoms with Crippen molar-refractivity contribution in [2.75, 3.05) is 33.4 Å². The van der Waals surface area contributed by atoms with Crippen LogP contribution in [0.4, 0.5) is 0 Å². The molecule has 4 N–H and O–H groups in total. The van der Waals surface area contributed by atoms with E-state index in [4.69, 9.17) is 10.5 Å². The first kappa shape index (κ1) is 24.5. The number of hydrogen-bond donors (Lipinski definition) is 3. The zero-order valence-electron chi connectivity index (χ0n) is 20.6. The minimum Gasteiger partial charge on any atom is -0.397 e. The molecule has 0 spiro atoms. The fraction of sp³-hybridized carbons (Fsp3) is 0.333. The van der Waals surface area contributed by atoms with Gasteiger partial charge in [-0.15, -0.1) is 0 Å². The van der Waals surface area contributed by atoms with Gasteiger partial charge in [-0.25, -0.2) is 0 Å². The van der Waals surface area contributed by atoms with Crippen molar-refractivity contribution in [3.8, 4) is 0 Å². The van der Waals surface area contributed by atoms with Crippen LogP contribution in [-0.2, 0) is 20.9 Å². The van der Waals surface area contributed by atoms with Crippen molar-refractivity contribution in [3.05, 3.63) is 70.3 Å².